The van der Waals surface area contributed by atoms with Gasteiger partial charge >= 0.3 is 0 Å². The molecule has 0 aliphatic carbocycles. The Hall–Kier alpha value is -2.29. The van der Waals surface area contributed by atoms with Gasteiger partial charge in [0, 0.05) is 15.1 Å². The molecule has 1 N–H and O–H groups in total. The van der Waals surface area contributed by atoms with Crippen molar-refractivity contribution in [2.24, 2.45) is 4.99 Å². The van der Waals surface area contributed by atoms with E-state index in [0.717, 1.165) is 21.8 Å². The van der Waals surface area contributed by atoms with Gasteiger partial charge in [0.1, 0.15) is 0 Å². The molecule has 9 heteroatoms. The molecule has 0 aromatic heterocycles. The van der Waals surface area contributed by atoms with Crippen molar-refractivity contribution >= 4 is 62.4 Å². The first-order valence-corrected chi connectivity index (χ1v) is 10.5. The molecule has 1 aliphatic heterocycles. The molecule has 150 valence electrons. The quantitative estimate of drug-likeness (QED) is 0.597. The summed E-state index contributed by atoms with van der Waals surface area (Å²) in [6, 6.07) is 9.93. The predicted molar refractivity (Wildman–Crippen MR) is 119 cm³/mol. The number of nitrogens with zero attached hydrogens (tertiary/aromatic N) is 1. The van der Waals surface area contributed by atoms with Gasteiger partial charge in [-0.2, -0.15) is 4.99 Å². The number of halogens is 2. The molecule has 0 atom stereocenters. The van der Waals surface area contributed by atoms with Crippen LogP contribution >= 0.6 is 39.3 Å². The Bertz CT molecular complexity index is 1020. The highest BCUT2D eigenvalue weighted by Crippen LogP contribution is 2.36. The number of carbonyl (C=O) groups excluding carboxylic acids is 2. The van der Waals surface area contributed by atoms with Gasteiger partial charge in [0.25, 0.3) is 11.8 Å². The molecule has 2 amide bonds. The Labute approximate surface area is 185 Å². The largest absolute Gasteiger partial charge is 0.493 e. The minimum absolute atomic E-state index is 0.218. The van der Waals surface area contributed by atoms with Crippen molar-refractivity contribution in [2.75, 3.05) is 13.7 Å². The number of benzene rings is 2. The maximum Gasteiger partial charge on any atom is 0.279 e. The van der Waals surface area contributed by atoms with E-state index >= 15 is 0 Å². The van der Waals surface area contributed by atoms with Gasteiger partial charge in [0.2, 0.25) is 0 Å². The zero-order valence-corrected chi connectivity index (χ0v) is 18.7. The molecule has 3 rings (SSSR count). The maximum absolute atomic E-state index is 12.3. The van der Waals surface area contributed by atoms with Crippen molar-refractivity contribution < 1.29 is 19.1 Å². The molecule has 2 aromatic carbocycles. The summed E-state index contributed by atoms with van der Waals surface area (Å²) >= 11 is 10.4. The minimum Gasteiger partial charge on any atom is -0.493 e. The second-order valence-electron chi connectivity index (χ2n) is 5.75. The Morgan fingerprint density at radius 2 is 2.00 bits per heavy atom. The van der Waals surface area contributed by atoms with Crippen LogP contribution in [0.4, 0.5) is 0 Å². The molecular weight excluding hydrogens is 480 g/mol. The number of ether oxygens (including phenoxy) is 2. The van der Waals surface area contributed by atoms with E-state index < -0.39 is 5.91 Å². The van der Waals surface area contributed by atoms with Gasteiger partial charge in [-0.25, -0.2) is 0 Å². The normalized spacial score (nSPS) is 16.2. The van der Waals surface area contributed by atoms with Crippen LogP contribution in [0.3, 0.4) is 0 Å². The van der Waals surface area contributed by atoms with Gasteiger partial charge < -0.3 is 14.8 Å². The second kappa shape index (κ2) is 9.47. The average Bonchev–Trinajstić information content (AvgIpc) is 3.03. The molecule has 1 aliphatic rings. The Morgan fingerprint density at radius 3 is 2.66 bits per heavy atom. The first-order chi connectivity index (χ1) is 13.9. The smallest absolute Gasteiger partial charge is 0.279 e. The summed E-state index contributed by atoms with van der Waals surface area (Å²) in [7, 11) is 1.56. The van der Waals surface area contributed by atoms with Gasteiger partial charge in [0.15, 0.2) is 16.7 Å². The fourth-order valence-electron chi connectivity index (χ4n) is 2.46. The van der Waals surface area contributed by atoms with Crippen LogP contribution in [-0.4, -0.2) is 30.7 Å². The standard InChI is InChI=1S/C20H16BrClN2O4S/c1-3-28-16-8-12(14(21)10-15(16)27-2)9-17-19(26)24-20(29-17)23-18(25)11-4-6-13(22)7-5-11/h4-10H,3H2,1-2H3,(H,23,24,25,26)/b17-9-. The first kappa shape index (κ1) is 21.4. The first-order valence-electron chi connectivity index (χ1n) is 8.51. The molecule has 6 nitrogen and oxygen atoms in total. The molecular formula is C20H16BrClN2O4S. The molecule has 1 saturated heterocycles. The summed E-state index contributed by atoms with van der Waals surface area (Å²) in [4.78, 5) is 29.0. The van der Waals surface area contributed by atoms with Crippen molar-refractivity contribution in [3.05, 3.63) is 61.9 Å². The summed E-state index contributed by atoms with van der Waals surface area (Å²) in [6.07, 6.45) is 1.70. The number of thioether (sulfide) groups is 1. The minimum atomic E-state index is -0.463. The number of carbonyl (C=O) groups is 2. The van der Waals surface area contributed by atoms with Crippen LogP contribution in [0, 0.1) is 0 Å². The Kier molecular flexibility index (Phi) is 7.00. The number of nitrogens with one attached hydrogen (secondary N) is 1. The predicted octanol–water partition coefficient (Wildman–Crippen LogP) is 4.91. The molecule has 2 aromatic rings. The lowest BCUT2D eigenvalue weighted by Crippen LogP contribution is -2.20. The summed E-state index contributed by atoms with van der Waals surface area (Å²) in [5.74, 6) is 0.355. The molecule has 29 heavy (non-hydrogen) atoms. The topological polar surface area (TPSA) is 77.0 Å². The fourth-order valence-corrected chi connectivity index (χ4v) is 3.83. The van der Waals surface area contributed by atoms with Gasteiger partial charge in [-0.05, 0) is 66.7 Å². The molecule has 0 bridgehead atoms. The molecule has 0 saturated carbocycles. The summed E-state index contributed by atoms with van der Waals surface area (Å²) in [5, 5.41) is 3.35. The monoisotopic (exact) mass is 494 g/mol. The lowest BCUT2D eigenvalue weighted by Gasteiger charge is -2.11. The number of rotatable bonds is 5. The lowest BCUT2D eigenvalue weighted by molar-refractivity contribution is -0.115. The summed E-state index contributed by atoms with van der Waals surface area (Å²) in [5.41, 5.74) is 1.12. The van der Waals surface area contributed by atoms with Crippen molar-refractivity contribution in [2.45, 2.75) is 6.92 Å². The van der Waals surface area contributed by atoms with Crippen LogP contribution in [0.25, 0.3) is 6.08 Å². The Morgan fingerprint density at radius 1 is 1.28 bits per heavy atom. The third kappa shape index (κ3) is 5.20. The van der Waals surface area contributed by atoms with Gasteiger partial charge in [0.05, 0.1) is 18.6 Å². The van der Waals surface area contributed by atoms with E-state index in [2.05, 4.69) is 26.2 Å². The number of amidine groups is 1. The number of hydrogen-bond acceptors (Lipinski definition) is 5. The number of hydrogen-bond donors (Lipinski definition) is 1. The summed E-state index contributed by atoms with van der Waals surface area (Å²) in [6.45, 7) is 2.35. The van der Waals surface area contributed by atoms with Crippen molar-refractivity contribution in [3.8, 4) is 11.5 Å². The van der Waals surface area contributed by atoms with Crippen LogP contribution in [-0.2, 0) is 4.79 Å². The average molecular weight is 496 g/mol. The van der Waals surface area contributed by atoms with Crippen LogP contribution in [0.15, 0.2) is 50.8 Å². The van der Waals surface area contributed by atoms with Crippen LogP contribution in [0.2, 0.25) is 5.02 Å². The van der Waals surface area contributed by atoms with E-state index in [1.165, 1.54) is 0 Å². The molecule has 0 radical (unpaired) electrons. The lowest BCUT2D eigenvalue weighted by atomic mass is 10.2. The second-order valence-corrected chi connectivity index (χ2v) is 8.07. The highest BCUT2D eigenvalue weighted by Gasteiger charge is 2.25. The van der Waals surface area contributed by atoms with Crippen LogP contribution in [0.1, 0.15) is 22.8 Å². The number of amides is 2. The fraction of sp³-hybridized carbons (Fsp3) is 0.150. The maximum atomic E-state index is 12.3. The van der Waals surface area contributed by atoms with Crippen molar-refractivity contribution in [1.82, 2.24) is 5.32 Å². The molecule has 0 unspecified atom stereocenters. The number of methoxy groups -OCH3 is 1. The molecule has 1 heterocycles. The molecule has 0 spiro atoms. The Balaban J connectivity index is 1.84. The van der Waals surface area contributed by atoms with E-state index in [9.17, 15) is 9.59 Å². The van der Waals surface area contributed by atoms with E-state index in [4.69, 9.17) is 21.1 Å². The van der Waals surface area contributed by atoms with E-state index in [-0.39, 0.29) is 11.1 Å². The SMILES string of the molecule is CCOc1cc(/C=C2\SC(=NC(=O)c3ccc(Cl)cc3)NC2=O)c(Br)cc1OC. The van der Waals surface area contributed by atoms with Crippen molar-refractivity contribution in [3.63, 3.8) is 0 Å². The van der Waals surface area contributed by atoms with Gasteiger partial charge in [-0.15, -0.1) is 0 Å². The number of aliphatic imine (C=N–C) groups is 1. The zero-order valence-electron chi connectivity index (χ0n) is 15.5. The van der Waals surface area contributed by atoms with E-state index in [1.807, 2.05) is 6.92 Å². The molecule has 1 fully saturated rings. The van der Waals surface area contributed by atoms with Gasteiger partial charge in [-0.1, -0.05) is 27.5 Å². The van der Waals surface area contributed by atoms with E-state index in [1.54, 1.807) is 49.6 Å². The zero-order chi connectivity index (χ0) is 21.0. The van der Waals surface area contributed by atoms with Crippen LogP contribution in [0.5, 0.6) is 11.5 Å². The third-order valence-electron chi connectivity index (χ3n) is 3.81. The van der Waals surface area contributed by atoms with E-state index in [0.29, 0.717) is 33.6 Å². The summed E-state index contributed by atoms with van der Waals surface area (Å²) < 4.78 is 11.6. The van der Waals surface area contributed by atoms with Crippen LogP contribution < -0.4 is 14.8 Å². The van der Waals surface area contributed by atoms with Crippen molar-refractivity contribution in [1.29, 1.82) is 0 Å². The third-order valence-corrected chi connectivity index (χ3v) is 5.66. The highest BCUT2D eigenvalue weighted by molar-refractivity contribution is 9.10. The highest BCUT2D eigenvalue weighted by atomic mass is 79.9. The van der Waals surface area contributed by atoms with Gasteiger partial charge in [-0.3, -0.25) is 9.59 Å².